The van der Waals surface area contributed by atoms with Gasteiger partial charge in [-0.15, -0.1) is 0 Å². The van der Waals surface area contributed by atoms with Crippen LogP contribution in [0.25, 0.3) is 0 Å². The van der Waals surface area contributed by atoms with Gasteiger partial charge in [0.25, 0.3) is 5.91 Å². The maximum absolute atomic E-state index is 12.0. The van der Waals surface area contributed by atoms with Crippen LogP contribution in [-0.4, -0.2) is 22.3 Å². The molecule has 0 aliphatic carbocycles. The first-order valence-corrected chi connectivity index (χ1v) is 7.23. The average Bonchev–Trinajstić information content (AvgIpc) is 2.50. The number of hydrogen-bond donors (Lipinski definition) is 3. The maximum atomic E-state index is 12.0. The van der Waals surface area contributed by atoms with E-state index < -0.39 is 0 Å². The molecular formula is C18H20N2O3. The molecule has 5 heteroatoms. The molecule has 0 unspecified atom stereocenters. The van der Waals surface area contributed by atoms with E-state index in [1.165, 1.54) is 18.3 Å². The molecule has 1 amide bonds. The van der Waals surface area contributed by atoms with Crippen LogP contribution >= 0.6 is 0 Å². The van der Waals surface area contributed by atoms with Crippen LogP contribution in [0.5, 0.6) is 11.5 Å². The molecule has 2 rings (SSSR count). The van der Waals surface area contributed by atoms with Crippen LogP contribution in [0.2, 0.25) is 0 Å². The van der Waals surface area contributed by atoms with Crippen molar-refractivity contribution in [1.82, 2.24) is 5.43 Å². The summed E-state index contributed by atoms with van der Waals surface area (Å²) in [4.78, 5) is 12.0. The normalized spacial score (nSPS) is 11.6. The van der Waals surface area contributed by atoms with Crippen LogP contribution in [0.3, 0.4) is 0 Å². The van der Waals surface area contributed by atoms with Gasteiger partial charge in [-0.1, -0.05) is 32.9 Å². The lowest BCUT2D eigenvalue weighted by atomic mass is 9.87. The summed E-state index contributed by atoms with van der Waals surface area (Å²) in [6, 6.07) is 11.7. The van der Waals surface area contributed by atoms with Crippen LogP contribution in [0, 0.1) is 0 Å². The predicted octanol–water partition coefficient (Wildman–Crippen LogP) is 3.16. The monoisotopic (exact) mass is 312 g/mol. The summed E-state index contributed by atoms with van der Waals surface area (Å²) in [6.07, 6.45) is 1.39. The van der Waals surface area contributed by atoms with E-state index >= 15 is 0 Å². The fourth-order valence-corrected chi connectivity index (χ4v) is 1.97. The van der Waals surface area contributed by atoms with Crippen molar-refractivity contribution in [3.8, 4) is 11.5 Å². The SMILES string of the molecule is CC(C)(C)c1ccc(C(=O)N/N=C\c2ccc(O)c(O)c2)cc1. The summed E-state index contributed by atoms with van der Waals surface area (Å²) < 4.78 is 0. The molecule has 0 atom stereocenters. The van der Waals surface area contributed by atoms with Crippen LogP contribution in [0.4, 0.5) is 0 Å². The molecule has 2 aromatic rings. The molecule has 0 spiro atoms. The molecule has 0 heterocycles. The molecule has 2 aromatic carbocycles. The first-order chi connectivity index (χ1) is 10.8. The number of carbonyl (C=O) groups excluding carboxylic acids is 1. The Kier molecular flexibility index (Phi) is 4.69. The second-order valence-electron chi connectivity index (χ2n) is 6.27. The van der Waals surface area contributed by atoms with Crippen molar-refractivity contribution >= 4 is 12.1 Å². The van der Waals surface area contributed by atoms with E-state index in [2.05, 4.69) is 31.3 Å². The van der Waals surface area contributed by atoms with Gasteiger partial charge < -0.3 is 10.2 Å². The van der Waals surface area contributed by atoms with Crippen LogP contribution in [0.1, 0.15) is 42.3 Å². The van der Waals surface area contributed by atoms with Gasteiger partial charge in [-0.3, -0.25) is 4.79 Å². The number of carbonyl (C=O) groups is 1. The van der Waals surface area contributed by atoms with Gasteiger partial charge in [-0.05, 0) is 46.9 Å². The standard InChI is InChI=1S/C18H20N2O3/c1-18(2,3)14-7-5-13(6-8-14)17(23)20-19-11-12-4-9-15(21)16(22)10-12/h4-11,21-22H,1-3H3,(H,20,23)/b19-11-. The van der Waals surface area contributed by atoms with Crippen molar-refractivity contribution in [2.75, 3.05) is 0 Å². The lowest BCUT2D eigenvalue weighted by Gasteiger charge is -2.18. The number of benzene rings is 2. The highest BCUT2D eigenvalue weighted by molar-refractivity contribution is 5.95. The topological polar surface area (TPSA) is 81.9 Å². The molecule has 5 nitrogen and oxygen atoms in total. The summed E-state index contributed by atoms with van der Waals surface area (Å²) in [6.45, 7) is 6.33. The van der Waals surface area contributed by atoms with Crippen molar-refractivity contribution in [2.24, 2.45) is 5.10 Å². The fourth-order valence-electron chi connectivity index (χ4n) is 1.97. The molecule has 120 valence electrons. The number of nitrogens with zero attached hydrogens (tertiary/aromatic N) is 1. The predicted molar refractivity (Wildman–Crippen MR) is 90.0 cm³/mol. The highest BCUT2D eigenvalue weighted by atomic mass is 16.3. The van der Waals surface area contributed by atoms with Gasteiger partial charge >= 0.3 is 0 Å². The average molecular weight is 312 g/mol. The first-order valence-electron chi connectivity index (χ1n) is 7.23. The Labute approximate surface area is 135 Å². The molecule has 0 bridgehead atoms. The van der Waals surface area contributed by atoms with Crippen molar-refractivity contribution in [2.45, 2.75) is 26.2 Å². The first kappa shape index (κ1) is 16.5. The Bertz CT molecular complexity index is 729. The molecule has 0 saturated carbocycles. The Morgan fingerprint density at radius 1 is 1.04 bits per heavy atom. The minimum Gasteiger partial charge on any atom is -0.504 e. The quantitative estimate of drug-likeness (QED) is 0.462. The minimum absolute atomic E-state index is 0.0357. The smallest absolute Gasteiger partial charge is 0.271 e. The van der Waals surface area contributed by atoms with Crippen molar-refractivity contribution in [3.05, 3.63) is 59.2 Å². The van der Waals surface area contributed by atoms with Crippen molar-refractivity contribution < 1.29 is 15.0 Å². The van der Waals surface area contributed by atoms with E-state index in [0.717, 1.165) is 5.56 Å². The Morgan fingerprint density at radius 3 is 2.26 bits per heavy atom. The summed E-state index contributed by atoms with van der Waals surface area (Å²) in [5.41, 5.74) is 4.69. The number of phenols is 2. The molecule has 3 N–H and O–H groups in total. The number of amides is 1. The van der Waals surface area contributed by atoms with Crippen molar-refractivity contribution in [3.63, 3.8) is 0 Å². The third-order valence-electron chi connectivity index (χ3n) is 3.39. The van der Waals surface area contributed by atoms with E-state index in [0.29, 0.717) is 11.1 Å². The third-order valence-corrected chi connectivity index (χ3v) is 3.39. The Hall–Kier alpha value is -2.82. The highest BCUT2D eigenvalue weighted by Crippen LogP contribution is 2.24. The van der Waals surface area contributed by atoms with Gasteiger partial charge in [0, 0.05) is 5.56 Å². The summed E-state index contributed by atoms with van der Waals surface area (Å²) in [7, 11) is 0. The number of rotatable bonds is 3. The zero-order valence-electron chi connectivity index (χ0n) is 13.4. The molecular weight excluding hydrogens is 292 g/mol. The number of aromatic hydroxyl groups is 2. The number of hydrazone groups is 1. The fraction of sp³-hybridized carbons (Fsp3) is 0.222. The van der Waals surface area contributed by atoms with E-state index in [1.807, 2.05) is 12.1 Å². The summed E-state index contributed by atoms with van der Waals surface area (Å²) >= 11 is 0. The number of phenolic OH excluding ortho intramolecular Hbond substituents is 2. The molecule has 0 saturated heterocycles. The molecule has 23 heavy (non-hydrogen) atoms. The highest BCUT2D eigenvalue weighted by Gasteiger charge is 2.14. The second-order valence-corrected chi connectivity index (χ2v) is 6.27. The Morgan fingerprint density at radius 2 is 1.70 bits per heavy atom. The second kappa shape index (κ2) is 6.52. The number of nitrogens with one attached hydrogen (secondary N) is 1. The van der Waals surface area contributed by atoms with E-state index in [9.17, 15) is 15.0 Å². The van der Waals surface area contributed by atoms with Crippen LogP contribution < -0.4 is 5.43 Å². The summed E-state index contributed by atoms with van der Waals surface area (Å²) in [5.74, 6) is -0.757. The zero-order valence-corrected chi connectivity index (χ0v) is 13.4. The maximum Gasteiger partial charge on any atom is 0.271 e. The van der Waals surface area contributed by atoms with Crippen LogP contribution in [-0.2, 0) is 5.41 Å². The Balaban J connectivity index is 2.01. The lowest BCUT2D eigenvalue weighted by Crippen LogP contribution is -2.18. The molecule has 0 aliphatic rings. The van der Waals surface area contributed by atoms with Gasteiger partial charge in [-0.25, -0.2) is 5.43 Å². The molecule has 0 aromatic heterocycles. The van der Waals surface area contributed by atoms with E-state index in [1.54, 1.807) is 18.2 Å². The van der Waals surface area contributed by atoms with Gasteiger partial charge in [0.2, 0.25) is 0 Å². The van der Waals surface area contributed by atoms with Crippen molar-refractivity contribution in [1.29, 1.82) is 0 Å². The summed E-state index contributed by atoms with van der Waals surface area (Å²) in [5, 5.41) is 22.4. The van der Waals surface area contributed by atoms with Gasteiger partial charge in [-0.2, -0.15) is 5.10 Å². The molecule has 0 radical (unpaired) electrons. The van der Waals surface area contributed by atoms with Gasteiger partial charge in [0.15, 0.2) is 11.5 Å². The van der Waals surface area contributed by atoms with Gasteiger partial charge in [0.05, 0.1) is 6.21 Å². The van der Waals surface area contributed by atoms with E-state index in [4.69, 9.17) is 0 Å². The molecule has 0 fully saturated rings. The largest absolute Gasteiger partial charge is 0.504 e. The van der Waals surface area contributed by atoms with Crippen LogP contribution in [0.15, 0.2) is 47.6 Å². The lowest BCUT2D eigenvalue weighted by molar-refractivity contribution is 0.0955. The third kappa shape index (κ3) is 4.32. The van der Waals surface area contributed by atoms with E-state index in [-0.39, 0.29) is 22.8 Å². The number of hydrogen-bond acceptors (Lipinski definition) is 4. The zero-order chi connectivity index (χ0) is 17.0. The van der Waals surface area contributed by atoms with Gasteiger partial charge in [0.1, 0.15) is 0 Å². The minimum atomic E-state index is -0.315. The molecule has 0 aliphatic heterocycles.